The third kappa shape index (κ3) is 5.53. The molecule has 0 fully saturated rings. The molecule has 4 heteroatoms. The first-order valence-electron chi connectivity index (χ1n) is 3.42. The zero-order valence-corrected chi connectivity index (χ0v) is 6.22. The molecule has 0 atom stereocenters. The van der Waals surface area contributed by atoms with Crippen LogP contribution in [-0.4, -0.2) is 19.1 Å². The van der Waals surface area contributed by atoms with E-state index in [-0.39, 0.29) is 12.5 Å². The lowest BCUT2D eigenvalue weighted by atomic mass is 10.4. The van der Waals surface area contributed by atoms with Crippen LogP contribution in [0.15, 0.2) is 0 Å². The van der Waals surface area contributed by atoms with Crippen molar-refractivity contribution in [1.82, 2.24) is 5.48 Å². The van der Waals surface area contributed by atoms with Gasteiger partial charge in [0.1, 0.15) is 0 Å². The molecule has 0 radical (unpaired) electrons. The largest absolute Gasteiger partial charge is 0.322 e. The minimum atomic E-state index is -0.281. The second-order valence-electron chi connectivity index (χ2n) is 1.93. The summed E-state index contributed by atoms with van der Waals surface area (Å²) in [6.45, 7) is 2.59. The summed E-state index contributed by atoms with van der Waals surface area (Å²) in [6.07, 6.45) is 2.00. The highest BCUT2D eigenvalue weighted by Crippen LogP contribution is 1.84. The maximum atomic E-state index is 10.4. The third-order valence-electron chi connectivity index (χ3n) is 0.971. The number of carbonyl (C=O) groups is 1. The van der Waals surface area contributed by atoms with Crippen molar-refractivity contribution in [3.63, 3.8) is 0 Å². The van der Waals surface area contributed by atoms with E-state index in [2.05, 4.69) is 5.48 Å². The monoisotopic (exact) mass is 146 g/mol. The van der Waals surface area contributed by atoms with Gasteiger partial charge in [0.2, 0.25) is 0 Å². The molecule has 0 aliphatic heterocycles. The van der Waals surface area contributed by atoms with Gasteiger partial charge >= 0.3 is 0 Å². The van der Waals surface area contributed by atoms with Gasteiger partial charge in [-0.15, -0.1) is 0 Å². The van der Waals surface area contributed by atoms with Crippen LogP contribution in [0, 0.1) is 0 Å². The highest BCUT2D eigenvalue weighted by Gasteiger charge is 1.93. The van der Waals surface area contributed by atoms with E-state index in [9.17, 15) is 4.79 Å². The average Bonchev–Trinajstić information content (AvgIpc) is 1.98. The van der Waals surface area contributed by atoms with Crippen LogP contribution >= 0.6 is 0 Å². The minimum absolute atomic E-state index is 0.0217. The van der Waals surface area contributed by atoms with Crippen LogP contribution in [0.2, 0.25) is 0 Å². The fourth-order valence-electron chi connectivity index (χ4n) is 0.390. The molecule has 0 spiro atoms. The van der Waals surface area contributed by atoms with Gasteiger partial charge in [-0.2, -0.15) is 0 Å². The van der Waals surface area contributed by atoms with E-state index in [0.717, 1.165) is 12.8 Å². The summed E-state index contributed by atoms with van der Waals surface area (Å²) in [6, 6.07) is 0. The Balaban J connectivity index is 2.96. The Bertz CT molecular complexity index is 95.7. The quantitative estimate of drug-likeness (QED) is 0.417. The number of nitrogens with two attached hydrogens (primary N) is 1. The molecule has 4 nitrogen and oxygen atoms in total. The topological polar surface area (TPSA) is 64.3 Å². The fourth-order valence-corrected chi connectivity index (χ4v) is 0.390. The maximum absolute atomic E-state index is 10.4. The van der Waals surface area contributed by atoms with Crippen LogP contribution in [0.25, 0.3) is 0 Å². The van der Waals surface area contributed by atoms with Gasteiger partial charge in [-0.1, -0.05) is 13.3 Å². The van der Waals surface area contributed by atoms with Crippen LogP contribution < -0.4 is 11.2 Å². The van der Waals surface area contributed by atoms with Crippen LogP contribution in [0.5, 0.6) is 0 Å². The fraction of sp³-hybridized carbons (Fsp3) is 0.833. The summed E-state index contributed by atoms with van der Waals surface area (Å²) >= 11 is 0. The van der Waals surface area contributed by atoms with Crippen molar-refractivity contribution in [2.24, 2.45) is 5.73 Å². The molecular weight excluding hydrogens is 132 g/mol. The van der Waals surface area contributed by atoms with Gasteiger partial charge in [0.05, 0.1) is 13.2 Å². The van der Waals surface area contributed by atoms with Gasteiger partial charge in [0.25, 0.3) is 5.91 Å². The van der Waals surface area contributed by atoms with E-state index in [4.69, 9.17) is 10.6 Å². The molecule has 0 saturated heterocycles. The molecule has 0 aliphatic rings. The molecule has 0 saturated carbocycles. The molecule has 0 aromatic rings. The number of hydroxylamine groups is 1. The van der Waals surface area contributed by atoms with Gasteiger partial charge < -0.3 is 5.73 Å². The molecule has 0 aromatic heterocycles. The van der Waals surface area contributed by atoms with Crippen LogP contribution in [-0.2, 0) is 9.63 Å². The van der Waals surface area contributed by atoms with Crippen molar-refractivity contribution in [3.05, 3.63) is 0 Å². The second kappa shape index (κ2) is 6.51. The summed E-state index contributed by atoms with van der Waals surface area (Å²) in [5, 5.41) is 0. The average molecular weight is 146 g/mol. The van der Waals surface area contributed by atoms with E-state index in [1.165, 1.54) is 0 Å². The summed E-state index contributed by atoms with van der Waals surface area (Å²) in [5.41, 5.74) is 7.20. The minimum Gasteiger partial charge on any atom is -0.322 e. The van der Waals surface area contributed by atoms with Crippen molar-refractivity contribution in [1.29, 1.82) is 0 Å². The van der Waals surface area contributed by atoms with Crippen LogP contribution in [0.1, 0.15) is 19.8 Å². The summed E-state index contributed by atoms with van der Waals surface area (Å²) in [7, 11) is 0. The number of hydrogen-bond acceptors (Lipinski definition) is 3. The predicted molar refractivity (Wildman–Crippen MR) is 38.1 cm³/mol. The number of hydrogen-bond donors (Lipinski definition) is 2. The summed E-state index contributed by atoms with van der Waals surface area (Å²) in [5.74, 6) is -0.281. The molecule has 0 rings (SSSR count). The van der Waals surface area contributed by atoms with Crippen molar-refractivity contribution in [2.75, 3.05) is 13.2 Å². The Morgan fingerprint density at radius 1 is 1.70 bits per heavy atom. The second-order valence-corrected chi connectivity index (χ2v) is 1.93. The Morgan fingerprint density at radius 2 is 2.40 bits per heavy atom. The normalized spacial score (nSPS) is 9.40. The first kappa shape index (κ1) is 9.39. The van der Waals surface area contributed by atoms with E-state index >= 15 is 0 Å². The molecule has 0 bridgehead atoms. The van der Waals surface area contributed by atoms with Crippen LogP contribution in [0.3, 0.4) is 0 Å². The third-order valence-corrected chi connectivity index (χ3v) is 0.971. The SMILES string of the molecule is CCCCONC(=O)CN. The lowest BCUT2D eigenvalue weighted by Gasteiger charge is -2.01. The Labute approximate surface area is 60.7 Å². The summed E-state index contributed by atoms with van der Waals surface area (Å²) in [4.78, 5) is 15.2. The van der Waals surface area contributed by atoms with Gasteiger partial charge in [-0.25, -0.2) is 5.48 Å². The molecule has 3 N–H and O–H groups in total. The zero-order chi connectivity index (χ0) is 7.82. The zero-order valence-electron chi connectivity index (χ0n) is 6.22. The van der Waals surface area contributed by atoms with Gasteiger partial charge in [-0.05, 0) is 6.42 Å². The van der Waals surface area contributed by atoms with E-state index in [0.29, 0.717) is 6.61 Å². The van der Waals surface area contributed by atoms with Crippen LogP contribution in [0.4, 0.5) is 0 Å². The maximum Gasteiger partial charge on any atom is 0.257 e. The Hall–Kier alpha value is -0.610. The molecule has 0 unspecified atom stereocenters. The molecule has 1 amide bonds. The molecule has 0 aliphatic carbocycles. The molecule has 10 heavy (non-hydrogen) atoms. The molecule has 0 aromatic carbocycles. The summed E-state index contributed by atoms with van der Waals surface area (Å²) < 4.78 is 0. The van der Waals surface area contributed by atoms with E-state index < -0.39 is 0 Å². The van der Waals surface area contributed by atoms with Gasteiger partial charge in [0.15, 0.2) is 0 Å². The standard InChI is InChI=1S/C6H14N2O2/c1-2-3-4-10-8-6(9)5-7/h2-5,7H2,1H3,(H,8,9). The molecule has 60 valence electrons. The number of rotatable bonds is 5. The predicted octanol–water partition coefficient (Wildman–Crippen LogP) is -0.207. The van der Waals surface area contributed by atoms with E-state index in [1.807, 2.05) is 6.92 Å². The highest BCUT2D eigenvalue weighted by atomic mass is 16.6. The van der Waals surface area contributed by atoms with Crippen molar-refractivity contribution in [3.8, 4) is 0 Å². The Kier molecular flexibility index (Phi) is 6.11. The number of carbonyl (C=O) groups excluding carboxylic acids is 1. The number of nitrogens with one attached hydrogen (secondary N) is 1. The van der Waals surface area contributed by atoms with Crippen molar-refractivity contribution in [2.45, 2.75) is 19.8 Å². The number of unbranched alkanes of at least 4 members (excludes halogenated alkanes) is 1. The van der Waals surface area contributed by atoms with Crippen molar-refractivity contribution >= 4 is 5.91 Å². The molecular formula is C6H14N2O2. The lowest BCUT2D eigenvalue weighted by molar-refractivity contribution is -0.132. The first-order valence-corrected chi connectivity index (χ1v) is 3.42. The lowest BCUT2D eigenvalue weighted by Crippen LogP contribution is -2.30. The number of amides is 1. The molecule has 0 heterocycles. The first-order chi connectivity index (χ1) is 4.81. The highest BCUT2D eigenvalue weighted by molar-refractivity contribution is 5.76. The Morgan fingerprint density at radius 3 is 2.90 bits per heavy atom. The smallest absolute Gasteiger partial charge is 0.257 e. The van der Waals surface area contributed by atoms with Gasteiger partial charge in [-0.3, -0.25) is 9.63 Å². The van der Waals surface area contributed by atoms with E-state index in [1.54, 1.807) is 0 Å². The van der Waals surface area contributed by atoms with Gasteiger partial charge in [0, 0.05) is 0 Å². The van der Waals surface area contributed by atoms with Crippen molar-refractivity contribution < 1.29 is 9.63 Å².